The number of likely N-dealkylation sites (tertiary alicyclic amines) is 1. The van der Waals surface area contributed by atoms with E-state index in [2.05, 4.69) is 5.32 Å². The van der Waals surface area contributed by atoms with Crippen molar-refractivity contribution in [1.82, 2.24) is 15.1 Å². The highest BCUT2D eigenvalue weighted by Gasteiger charge is 2.43. The molecule has 1 atom stereocenters. The summed E-state index contributed by atoms with van der Waals surface area (Å²) in [7, 11) is 0. The van der Waals surface area contributed by atoms with E-state index in [4.69, 9.17) is 5.73 Å². The minimum Gasteiger partial charge on any atom is -0.378 e. The number of rotatable bonds is 4. The Morgan fingerprint density at radius 2 is 2.04 bits per heavy atom. The molecule has 1 unspecified atom stereocenters. The number of amides is 4. The molecule has 2 aliphatic heterocycles. The molecule has 4 N–H and O–H groups in total. The van der Waals surface area contributed by atoms with E-state index in [1.165, 1.54) is 4.90 Å². The molecule has 25 heavy (non-hydrogen) atoms. The monoisotopic (exact) mass is 346 g/mol. The molecule has 1 fully saturated rings. The summed E-state index contributed by atoms with van der Waals surface area (Å²) >= 11 is 0. The van der Waals surface area contributed by atoms with Crippen LogP contribution in [0.3, 0.4) is 0 Å². The SMILES string of the molecule is NC(=O)C1(O)CCN(C(=O)NCCN2CCc3ccccc3C2=O)C1. The van der Waals surface area contributed by atoms with Crippen LogP contribution in [0, 0.1) is 0 Å². The number of fused-ring (bicyclic) bond motifs is 1. The predicted molar refractivity (Wildman–Crippen MR) is 89.8 cm³/mol. The van der Waals surface area contributed by atoms with Crippen LogP contribution in [-0.4, -0.2) is 71.1 Å². The molecule has 1 aromatic rings. The number of urea groups is 1. The van der Waals surface area contributed by atoms with E-state index in [1.54, 1.807) is 4.90 Å². The number of hydrogen-bond acceptors (Lipinski definition) is 4. The molecule has 0 aromatic heterocycles. The van der Waals surface area contributed by atoms with Crippen molar-refractivity contribution < 1.29 is 19.5 Å². The van der Waals surface area contributed by atoms with Gasteiger partial charge in [0.2, 0.25) is 0 Å². The lowest BCUT2D eigenvalue weighted by molar-refractivity contribution is -0.134. The molecule has 8 heteroatoms. The van der Waals surface area contributed by atoms with Crippen molar-refractivity contribution in [3.8, 4) is 0 Å². The van der Waals surface area contributed by atoms with Crippen molar-refractivity contribution in [2.45, 2.75) is 18.4 Å². The highest BCUT2D eigenvalue weighted by Crippen LogP contribution is 2.21. The van der Waals surface area contributed by atoms with E-state index in [9.17, 15) is 19.5 Å². The van der Waals surface area contributed by atoms with Crippen LogP contribution >= 0.6 is 0 Å². The normalized spacial score (nSPS) is 22.7. The maximum absolute atomic E-state index is 12.4. The zero-order valence-corrected chi connectivity index (χ0v) is 13.9. The number of primary amides is 1. The van der Waals surface area contributed by atoms with Gasteiger partial charge in [0.1, 0.15) is 0 Å². The Bertz CT molecular complexity index is 708. The molecule has 1 aromatic carbocycles. The minimum absolute atomic E-state index is 0.0274. The second-order valence-corrected chi connectivity index (χ2v) is 6.50. The summed E-state index contributed by atoms with van der Waals surface area (Å²) in [4.78, 5) is 38.8. The zero-order chi connectivity index (χ0) is 18.0. The van der Waals surface area contributed by atoms with E-state index in [-0.39, 0.29) is 31.4 Å². The number of nitrogens with two attached hydrogens (primary N) is 1. The van der Waals surface area contributed by atoms with Crippen LogP contribution in [0.1, 0.15) is 22.3 Å². The van der Waals surface area contributed by atoms with Gasteiger partial charge in [-0.25, -0.2) is 4.79 Å². The molecule has 4 amide bonds. The van der Waals surface area contributed by atoms with Crippen molar-refractivity contribution in [3.05, 3.63) is 35.4 Å². The Morgan fingerprint density at radius 1 is 1.28 bits per heavy atom. The summed E-state index contributed by atoms with van der Waals surface area (Å²) in [6, 6.07) is 7.17. The van der Waals surface area contributed by atoms with Crippen LogP contribution in [0.15, 0.2) is 24.3 Å². The summed E-state index contributed by atoms with van der Waals surface area (Å²) in [5.74, 6) is -0.847. The molecule has 2 aliphatic rings. The quantitative estimate of drug-likeness (QED) is 0.669. The van der Waals surface area contributed by atoms with E-state index in [0.717, 1.165) is 12.0 Å². The van der Waals surface area contributed by atoms with Crippen molar-refractivity contribution in [3.63, 3.8) is 0 Å². The predicted octanol–water partition coefficient (Wildman–Crippen LogP) is -0.683. The molecule has 3 rings (SSSR count). The lowest BCUT2D eigenvalue weighted by atomic mass is 9.99. The van der Waals surface area contributed by atoms with Crippen LogP contribution in [0.5, 0.6) is 0 Å². The second kappa shape index (κ2) is 6.72. The maximum Gasteiger partial charge on any atom is 0.317 e. The van der Waals surface area contributed by atoms with Gasteiger partial charge in [-0.1, -0.05) is 18.2 Å². The molecular weight excluding hydrogens is 324 g/mol. The highest BCUT2D eigenvalue weighted by atomic mass is 16.3. The van der Waals surface area contributed by atoms with Crippen LogP contribution in [0.2, 0.25) is 0 Å². The molecule has 0 aliphatic carbocycles. The average Bonchev–Trinajstić information content (AvgIpc) is 3.01. The van der Waals surface area contributed by atoms with E-state index in [0.29, 0.717) is 25.2 Å². The van der Waals surface area contributed by atoms with Gasteiger partial charge in [-0.3, -0.25) is 9.59 Å². The molecule has 0 spiro atoms. The standard InChI is InChI=1S/C17H22N4O4/c18-15(23)17(25)6-9-21(11-17)16(24)19-7-10-20-8-5-12-3-1-2-4-13(12)14(20)22/h1-4,25H,5-11H2,(H2,18,23)(H,19,24). The van der Waals surface area contributed by atoms with Crippen LogP contribution in [0.4, 0.5) is 4.79 Å². The van der Waals surface area contributed by atoms with Gasteiger partial charge in [-0.15, -0.1) is 0 Å². The van der Waals surface area contributed by atoms with Crippen molar-refractivity contribution in [1.29, 1.82) is 0 Å². The van der Waals surface area contributed by atoms with E-state index in [1.807, 2.05) is 24.3 Å². The molecule has 8 nitrogen and oxygen atoms in total. The Labute approximate surface area is 145 Å². The second-order valence-electron chi connectivity index (χ2n) is 6.50. The summed E-state index contributed by atoms with van der Waals surface area (Å²) in [5.41, 5.74) is 5.27. The average molecular weight is 346 g/mol. The largest absolute Gasteiger partial charge is 0.378 e. The Hall–Kier alpha value is -2.61. The fraction of sp³-hybridized carbons (Fsp3) is 0.471. The van der Waals surface area contributed by atoms with Crippen LogP contribution < -0.4 is 11.1 Å². The van der Waals surface area contributed by atoms with Crippen molar-refractivity contribution in [2.75, 3.05) is 32.7 Å². The van der Waals surface area contributed by atoms with Gasteiger partial charge in [0.25, 0.3) is 11.8 Å². The summed E-state index contributed by atoms with van der Waals surface area (Å²) < 4.78 is 0. The topological polar surface area (TPSA) is 116 Å². The first-order chi connectivity index (χ1) is 11.9. The molecule has 134 valence electrons. The van der Waals surface area contributed by atoms with Gasteiger partial charge in [0.05, 0.1) is 6.54 Å². The molecule has 1 saturated heterocycles. The lowest BCUT2D eigenvalue weighted by Gasteiger charge is -2.29. The first-order valence-electron chi connectivity index (χ1n) is 8.33. The number of nitrogens with zero attached hydrogens (tertiary/aromatic N) is 2. The van der Waals surface area contributed by atoms with Crippen molar-refractivity contribution >= 4 is 17.8 Å². The number of benzene rings is 1. The summed E-state index contributed by atoms with van der Waals surface area (Å²) in [6.07, 6.45) is 0.935. The smallest absolute Gasteiger partial charge is 0.317 e. The zero-order valence-electron chi connectivity index (χ0n) is 13.9. The first kappa shape index (κ1) is 17.2. The van der Waals surface area contributed by atoms with Crippen LogP contribution in [-0.2, 0) is 11.2 Å². The third kappa shape index (κ3) is 3.43. The number of nitrogens with one attached hydrogen (secondary N) is 1. The number of carbonyl (C=O) groups is 3. The van der Waals surface area contributed by atoms with Crippen LogP contribution in [0.25, 0.3) is 0 Å². The lowest BCUT2D eigenvalue weighted by Crippen LogP contribution is -2.49. The molecule has 0 saturated carbocycles. The summed E-state index contributed by atoms with van der Waals surface area (Å²) in [6.45, 7) is 1.49. The number of β-amino-alcohol motifs (C(OH)–C–C–N with tert-alkyl or cyclic N) is 1. The van der Waals surface area contributed by atoms with Gasteiger partial charge in [0, 0.05) is 38.2 Å². The van der Waals surface area contributed by atoms with Gasteiger partial charge in [-0.2, -0.15) is 0 Å². The van der Waals surface area contributed by atoms with Crippen molar-refractivity contribution in [2.24, 2.45) is 5.73 Å². The fourth-order valence-electron chi connectivity index (χ4n) is 3.27. The van der Waals surface area contributed by atoms with Gasteiger partial charge in [-0.05, 0) is 18.1 Å². The third-order valence-electron chi connectivity index (χ3n) is 4.84. The Kier molecular flexibility index (Phi) is 4.63. The molecule has 0 bridgehead atoms. The summed E-state index contributed by atoms with van der Waals surface area (Å²) in [5, 5.41) is 12.7. The van der Waals surface area contributed by atoms with Gasteiger partial charge < -0.3 is 26.0 Å². The number of aliphatic hydroxyl groups is 1. The molecule has 0 radical (unpaired) electrons. The Balaban J connectivity index is 1.48. The number of hydrogen-bond donors (Lipinski definition) is 3. The first-order valence-corrected chi connectivity index (χ1v) is 8.33. The Morgan fingerprint density at radius 3 is 2.76 bits per heavy atom. The van der Waals surface area contributed by atoms with Gasteiger partial charge >= 0.3 is 6.03 Å². The highest BCUT2D eigenvalue weighted by molar-refractivity contribution is 5.96. The third-order valence-corrected chi connectivity index (χ3v) is 4.84. The minimum atomic E-state index is -1.65. The van der Waals surface area contributed by atoms with E-state index >= 15 is 0 Å². The maximum atomic E-state index is 12.4. The molecule has 2 heterocycles. The van der Waals surface area contributed by atoms with E-state index < -0.39 is 11.5 Å². The number of carbonyl (C=O) groups excluding carboxylic acids is 3. The molecular formula is C17H22N4O4. The van der Waals surface area contributed by atoms with Gasteiger partial charge in [0.15, 0.2) is 5.60 Å². The fourth-order valence-corrected chi connectivity index (χ4v) is 3.27.